The second kappa shape index (κ2) is 4.17. The van der Waals surface area contributed by atoms with Crippen molar-refractivity contribution < 1.29 is 4.74 Å². The summed E-state index contributed by atoms with van der Waals surface area (Å²) in [5.41, 5.74) is 3.88. The number of rotatable bonds is 0. The lowest BCUT2D eigenvalue weighted by atomic mass is 10.1. The Kier molecular flexibility index (Phi) is 2.33. The molecular weight excluding hydrogens is 248 g/mol. The third-order valence-electron chi connectivity index (χ3n) is 3.38. The summed E-state index contributed by atoms with van der Waals surface area (Å²) in [5.74, 6) is 1.34. The number of aryl methyl sites for hydroxylation is 1. The van der Waals surface area contributed by atoms with E-state index in [0.717, 1.165) is 27.9 Å². The number of benzene rings is 2. The van der Waals surface area contributed by atoms with Crippen LogP contribution in [-0.2, 0) is 0 Å². The minimum Gasteiger partial charge on any atom is -0.436 e. The maximum atomic E-state index is 5.90. The van der Waals surface area contributed by atoms with E-state index in [1.54, 1.807) is 0 Å². The van der Waals surface area contributed by atoms with E-state index in [-0.39, 0.29) is 0 Å². The van der Waals surface area contributed by atoms with Gasteiger partial charge in [0.05, 0.1) is 11.1 Å². The van der Waals surface area contributed by atoms with Crippen molar-refractivity contribution in [3.8, 4) is 11.6 Å². The number of para-hydroxylation sites is 2. The molecule has 20 heavy (non-hydrogen) atoms. The van der Waals surface area contributed by atoms with Crippen LogP contribution in [0, 0.1) is 6.92 Å². The van der Waals surface area contributed by atoms with Crippen molar-refractivity contribution in [1.29, 1.82) is 0 Å². The highest BCUT2D eigenvalue weighted by molar-refractivity contribution is 5.93. The summed E-state index contributed by atoms with van der Waals surface area (Å²) < 4.78 is 5.90. The summed E-state index contributed by atoms with van der Waals surface area (Å²) in [6, 6.07) is 16.0. The van der Waals surface area contributed by atoms with Crippen molar-refractivity contribution in [1.82, 2.24) is 4.98 Å². The summed E-state index contributed by atoms with van der Waals surface area (Å²) in [4.78, 5) is 9.07. The van der Waals surface area contributed by atoms with E-state index in [4.69, 9.17) is 4.74 Å². The average Bonchev–Trinajstić information content (AvgIpc) is 2.64. The largest absolute Gasteiger partial charge is 0.436 e. The van der Waals surface area contributed by atoms with Crippen LogP contribution in [0.25, 0.3) is 10.9 Å². The van der Waals surface area contributed by atoms with Crippen LogP contribution in [0.2, 0.25) is 0 Å². The predicted octanol–water partition coefficient (Wildman–Crippen LogP) is 4.40. The van der Waals surface area contributed by atoms with Gasteiger partial charge in [-0.25, -0.2) is 4.98 Å². The minimum absolute atomic E-state index is 0.607. The molecule has 0 unspecified atom stereocenters. The van der Waals surface area contributed by atoms with Gasteiger partial charge in [0, 0.05) is 11.6 Å². The molecule has 0 amide bonds. The smallest absolute Gasteiger partial charge is 0.228 e. The molecule has 1 aliphatic rings. The first-order valence-corrected chi connectivity index (χ1v) is 6.52. The Morgan fingerprint density at radius 3 is 2.85 bits per heavy atom. The Morgan fingerprint density at radius 2 is 1.90 bits per heavy atom. The van der Waals surface area contributed by atoms with E-state index in [2.05, 4.69) is 35.1 Å². The second-order valence-electron chi connectivity index (χ2n) is 4.91. The SMILES string of the molecule is Cc1ccc2nc3c(cc2c1)C=Nc1ccccc1O3. The normalized spacial score (nSPS) is 12.4. The first kappa shape index (κ1) is 11.2. The molecule has 3 nitrogen and oxygen atoms in total. The molecule has 0 atom stereocenters. The molecule has 0 N–H and O–H groups in total. The van der Waals surface area contributed by atoms with Crippen LogP contribution >= 0.6 is 0 Å². The van der Waals surface area contributed by atoms with Crippen molar-refractivity contribution in [2.24, 2.45) is 4.99 Å². The number of aliphatic imine (C=N–C) groups is 1. The molecule has 96 valence electrons. The predicted molar refractivity (Wildman–Crippen MR) is 80.3 cm³/mol. The fourth-order valence-corrected chi connectivity index (χ4v) is 2.36. The molecule has 3 aromatic rings. The maximum absolute atomic E-state index is 5.90. The molecule has 0 fully saturated rings. The Bertz CT molecular complexity index is 853. The third-order valence-corrected chi connectivity index (χ3v) is 3.38. The zero-order valence-electron chi connectivity index (χ0n) is 11.0. The number of hydrogen-bond acceptors (Lipinski definition) is 3. The Balaban J connectivity index is 1.95. The van der Waals surface area contributed by atoms with Gasteiger partial charge in [-0.3, -0.25) is 4.99 Å². The van der Waals surface area contributed by atoms with Gasteiger partial charge in [-0.15, -0.1) is 0 Å². The maximum Gasteiger partial charge on any atom is 0.228 e. The molecular formula is C17H12N2O. The van der Waals surface area contributed by atoms with E-state index in [9.17, 15) is 0 Å². The summed E-state index contributed by atoms with van der Waals surface area (Å²) >= 11 is 0. The Morgan fingerprint density at radius 1 is 1.00 bits per heavy atom. The van der Waals surface area contributed by atoms with E-state index < -0.39 is 0 Å². The van der Waals surface area contributed by atoms with Gasteiger partial charge in [-0.2, -0.15) is 0 Å². The Hall–Kier alpha value is -2.68. The zero-order valence-corrected chi connectivity index (χ0v) is 11.0. The number of aromatic nitrogens is 1. The van der Waals surface area contributed by atoms with Gasteiger partial charge in [0.1, 0.15) is 5.69 Å². The van der Waals surface area contributed by atoms with Crippen molar-refractivity contribution >= 4 is 22.8 Å². The van der Waals surface area contributed by atoms with Crippen LogP contribution in [0.1, 0.15) is 11.1 Å². The van der Waals surface area contributed by atoms with E-state index in [1.165, 1.54) is 5.56 Å². The first-order chi connectivity index (χ1) is 9.79. The fraction of sp³-hybridized carbons (Fsp3) is 0.0588. The molecule has 1 aromatic heterocycles. The van der Waals surface area contributed by atoms with Crippen LogP contribution in [0.3, 0.4) is 0 Å². The molecule has 0 radical (unpaired) electrons. The molecule has 2 aromatic carbocycles. The van der Waals surface area contributed by atoms with Gasteiger partial charge >= 0.3 is 0 Å². The summed E-state index contributed by atoms with van der Waals surface area (Å²) in [5, 5.41) is 1.10. The molecule has 0 saturated carbocycles. The summed E-state index contributed by atoms with van der Waals surface area (Å²) in [7, 11) is 0. The average molecular weight is 260 g/mol. The molecule has 3 heteroatoms. The quantitative estimate of drug-likeness (QED) is 0.469. The van der Waals surface area contributed by atoms with Crippen LogP contribution in [0.15, 0.2) is 53.5 Å². The van der Waals surface area contributed by atoms with E-state index >= 15 is 0 Å². The molecule has 2 heterocycles. The van der Waals surface area contributed by atoms with Crippen LogP contribution in [-0.4, -0.2) is 11.2 Å². The highest BCUT2D eigenvalue weighted by Crippen LogP contribution is 2.35. The van der Waals surface area contributed by atoms with Gasteiger partial charge in [0.2, 0.25) is 5.88 Å². The first-order valence-electron chi connectivity index (χ1n) is 6.52. The molecule has 4 rings (SSSR count). The van der Waals surface area contributed by atoms with Gasteiger partial charge in [-0.05, 0) is 37.3 Å². The number of ether oxygens (including phenoxy) is 1. The van der Waals surface area contributed by atoms with Crippen LogP contribution in [0.5, 0.6) is 11.6 Å². The summed E-state index contributed by atoms with van der Waals surface area (Å²) in [6.07, 6.45) is 1.82. The minimum atomic E-state index is 0.607. The van der Waals surface area contributed by atoms with Gasteiger partial charge < -0.3 is 4.74 Å². The molecule has 0 bridgehead atoms. The highest BCUT2D eigenvalue weighted by atomic mass is 16.5. The third kappa shape index (κ3) is 1.75. The summed E-state index contributed by atoms with van der Waals surface area (Å²) in [6.45, 7) is 2.07. The lowest BCUT2D eigenvalue weighted by Gasteiger charge is -2.08. The van der Waals surface area contributed by atoms with Crippen molar-refractivity contribution in [3.05, 3.63) is 59.7 Å². The molecule has 0 aliphatic carbocycles. The van der Waals surface area contributed by atoms with Crippen LogP contribution in [0.4, 0.5) is 5.69 Å². The number of fused-ring (bicyclic) bond motifs is 3. The topological polar surface area (TPSA) is 34.5 Å². The number of nitrogens with zero attached hydrogens (tertiary/aromatic N) is 2. The second-order valence-corrected chi connectivity index (χ2v) is 4.91. The lowest BCUT2D eigenvalue weighted by molar-refractivity contribution is 0.467. The number of hydrogen-bond donors (Lipinski definition) is 0. The van der Waals surface area contributed by atoms with Crippen molar-refractivity contribution in [2.75, 3.05) is 0 Å². The van der Waals surface area contributed by atoms with Gasteiger partial charge in [0.25, 0.3) is 0 Å². The van der Waals surface area contributed by atoms with Crippen LogP contribution < -0.4 is 4.74 Å². The Labute approximate surface area is 116 Å². The molecule has 0 spiro atoms. The van der Waals surface area contributed by atoms with Crippen molar-refractivity contribution in [2.45, 2.75) is 6.92 Å². The molecule has 1 aliphatic heterocycles. The zero-order chi connectivity index (χ0) is 13.5. The standard InChI is InChI=1S/C17H12N2O/c1-11-6-7-14-12(8-11)9-13-10-18-15-4-2-3-5-16(15)20-17(13)19-14/h2-10H,1H3. The van der Waals surface area contributed by atoms with Crippen molar-refractivity contribution in [3.63, 3.8) is 0 Å². The fourth-order valence-electron chi connectivity index (χ4n) is 2.36. The lowest BCUT2D eigenvalue weighted by Crippen LogP contribution is -1.93. The van der Waals surface area contributed by atoms with Gasteiger partial charge in [-0.1, -0.05) is 23.8 Å². The van der Waals surface area contributed by atoms with E-state index in [0.29, 0.717) is 5.88 Å². The molecule has 0 saturated heterocycles. The monoisotopic (exact) mass is 260 g/mol. The number of pyridine rings is 1. The van der Waals surface area contributed by atoms with Gasteiger partial charge in [0.15, 0.2) is 5.75 Å². The highest BCUT2D eigenvalue weighted by Gasteiger charge is 2.13. The van der Waals surface area contributed by atoms with E-state index in [1.807, 2.05) is 36.5 Å².